The maximum absolute atomic E-state index is 12.4. The number of hydrogen-bond acceptors (Lipinski definition) is 6. The summed E-state index contributed by atoms with van der Waals surface area (Å²) >= 11 is 0. The molecule has 1 aromatic carbocycles. The quantitative estimate of drug-likeness (QED) is 0.631. The van der Waals surface area contributed by atoms with Gasteiger partial charge in [-0.1, -0.05) is 24.8 Å². The van der Waals surface area contributed by atoms with Gasteiger partial charge in [0.2, 0.25) is 0 Å². The highest BCUT2D eigenvalue weighted by Crippen LogP contribution is 2.32. The Hall–Kier alpha value is -2.94. The average Bonchev–Trinajstić information content (AvgIpc) is 2.58. The first-order valence-corrected chi connectivity index (χ1v) is 7.05. The maximum atomic E-state index is 12.4. The largest absolute Gasteiger partial charge is 0.467 e. The summed E-state index contributed by atoms with van der Waals surface area (Å²) in [6.45, 7) is 5.40. The van der Waals surface area contributed by atoms with Gasteiger partial charge in [0, 0.05) is 5.71 Å². The first-order chi connectivity index (χ1) is 11.1. The van der Waals surface area contributed by atoms with Crippen LogP contribution in [0.4, 0.5) is 0 Å². The van der Waals surface area contributed by atoms with E-state index in [9.17, 15) is 4.79 Å². The molecular weight excluding hydrogens is 294 g/mol. The Balaban J connectivity index is 2.38. The second-order valence-corrected chi connectivity index (χ2v) is 4.94. The summed E-state index contributed by atoms with van der Waals surface area (Å²) in [6, 6.07) is 8.68. The number of nitrogens with zero attached hydrogens (tertiary/aromatic N) is 3. The first kappa shape index (κ1) is 16.4. The van der Waals surface area contributed by atoms with Gasteiger partial charge in [-0.2, -0.15) is 5.26 Å². The lowest BCUT2D eigenvalue weighted by atomic mass is 9.88. The van der Waals surface area contributed by atoms with E-state index < -0.39 is 17.9 Å². The third-order valence-electron chi connectivity index (χ3n) is 3.45. The number of amidine groups is 1. The fourth-order valence-electron chi connectivity index (χ4n) is 2.32. The number of nitriles is 1. The van der Waals surface area contributed by atoms with Crippen molar-refractivity contribution in [2.24, 2.45) is 15.9 Å². The maximum Gasteiger partial charge on any atom is 0.317 e. The van der Waals surface area contributed by atoms with Gasteiger partial charge in [0.25, 0.3) is 0 Å². The molecule has 0 bridgehead atoms. The Morgan fingerprint density at radius 1 is 1.43 bits per heavy atom. The van der Waals surface area contributed by atoms with Crippen LogP contribution in [0.25, 0.3) is 0 Å². The van der Waals surface area contributed by atoms with Crippen molar-refractivity contribution >= 4 is 17.7 Å². The minimum absolute atomic E-state index is 0.129. The number of carbonyl (C=O) groups is 1. The van der Waals surface area contributed by atoms with Gasteiger partial charge in [-0.15, -0.1) is 0 Å². The summed E-state index contributed by atoms with van der Waals surface area (Å²) in [7, 11) is 1.47. The number of methoxy groups -OCH3 is 1. The smallest absolute Gasteiger partial charge is 0.317 e. The van der Waals surface area contributed by atoms with Crippen LogP contribution in [0.1, 0.15) is 24.1 Å². The molecule has 2 unspecified atom stereocenters. The molecule has 6 nitrogen and oxygen atoms in total. The van der Waals surface area contributed by atoms with E-state index >= 15 is 0 Å². The van der Waals surface area contributed by atoms with Crippen molar-refractivity contribution < 1.29 is 14.3 Å². The summed E-state index contributed by atoms with van der Waals surface area (Å²) in [5.41, 5.74) is 1.89. The molecule has 1 aliphatic rings. The van der Waals surface area contributed by atoms with Crippen LogP contribution in [0.3, 0.4) is 0 Å². The van der Waals surface area contributed by atoms with Crippen molar-refractivity contribution in [2.75, 3.05) is 13.7 Å². The molecule has 0 saturated heterocycles. The van der Waals surface area contributed by atoms with E-state index in [1.165, 1.54) is 13.2 Å². The molecule has 0 radical (unpaired) electrons. The van der Waals surface area contributed by atoms with Crippen LogP contribution < -0.4 is 0 Å². The normalized spacial score (nSPS) is 19.9. The molecule has 1 heterocycles. The van der Waals surface area contributed by atoms with Crippen LogP contribution >= 0.6 is 0 Å². The first-order valence-electron chi connectivity index (χ1n) is 7.05. The predicted molar refractivity (Wildman–Crippen MR) is 86.1 cm³/mol. The van der Waals surface area contributed by atoms with Crippen molar-refractivity contribution in [3.63, 3.8) is 0 Å². The highest BCUT2D eigenvalue weighted by atomic mass is 16.5. The van der Waals surface area contributed by atoms with Gasteiger partial charge in [-0.05, 0) is 24.6 Å². The van der Waals surface area contributed by atoms with Crippen molar-refractivity contribution in [1.82, 2.24) is 0 Å². The minimum atomic E-state index is -0.637. The van der Waals surface area contributed by atoms with E-state index in [4.69, 9.17) is 14.7 Å². The lowest BCUT2D eigenvalue weighted by Crippen LogP contribution is -2.33. The van der Waals surface area contributed by atoms with E-state index in [0.29, 0.717) is 11.3 Å². The molecule has 2 rings (SSSR count). The van der Waals surface area contributed by atoms with Crippen LogP contribution in [0.15, 0.2) is 46.9 Å². The van der Waals surface area contributed by atoms with Gasteiger partial charge in [-0.3, -0.25) is 4.79 Å². The lowest BCUT2D eigenvalue weighted by Gasteiger charge is -2.26. The van der Waals surface area contributed by atoms with Gasteiger partial charge in [0.15, 0.2) is 0 Å². The Kier molecular flexibility index (Phi) is 5.26. The van der Waals surface area contributed by atoms with Gasteiger partial charge in [0.05, 0.1) is 24.8 Å². The predicted octanol–water partition coefficient (Wildman–Crippen LogP) is 2.42. The Morgan fingerprint density at radius 3 is 2.70 bits per heavy atom. The number of esters is 1. The van der Waals surface area contributed by atoms with Gasteiger partial charge < -0.3 is 9.47 Å². The van der Waals surface area contributed by atoms with Gasteiger partial charge >= 0.3 is 12.0 Å². The molecule has 0 fully saturated rings. The number of aliphatic imine (C=N–C) groups is 2. The van der Waals surface area contributed by atoms with E-state index in [0.717, 1.165) is 5.56 Å². The van der Waals surface area contributed by atoms with Crippen molar-refractivity contribution in [2.45, 2.75) is 13.0 Å². The van der Waals surface area contributed by atoms with Crippen LogP contribution in [0, 0.1) is 17.2 Å². The second-order valence-electron chi connectivity index (χ2n) is 4.94. The standard InChI is InChI=1S/C17H17N3O3/c1-4-9-23-16(21)14-11(2)19-17(22-3)20-15(14)13-7-5-12(10-18)6-8-13/h4-8,14-15H,1,9H2,2-3H3. The highest BCUT2D eigenvalue weighted by molar-refractivity contribution is 6.07. The molecule has 0 aliphatic carbocycles. The van der Waals surface area contributed by atoms with Crippen molar-refractivity contribution in [1.29, 1.82) is 5.26 Å². The highest BCUT2D eigenvalue weighted by Gasteiger charge is 2.36. The summed E-state index contributed by atoms with van der Waals surface area (Å²) in [4.78, 5) is 20.9. The van der Waals surface area contributed by atoms with Crippen LogP contribution in [0.5, 0.6) is 0 Å². The molecule has 6 heteroatoms. The lowest BCUT2D eigenvalue weighted by molar-refractivity contribution is -0.145. The molecule has 1 aliphatic heterocycles. The third-order valence-corrected chi connectivity index (χ3v) is 3.45. The molecule has 2 atom stereocenters. The Labute approximate surface area is 134 Å². The molecule has 118 valence electrons. The number of hydrogen-bond donors (Lipinski definition) is 0. The van der Waals surface area contributed by atoms with Crippen LogP contribution in [0.2, 0.25) is 0 Å². The molecule has 0 aromatic heterocycles. The van der Waals surface area contributed by atoms with Crippen molar-refractivity contribution in [3.8, 4) is 6.07 Å². The Morgan fingerprint density at radius 2 is 2.13 bits per heavy atom. The summed E-state index contributed by atoms with van der Waals surface area (Å²) in [5.74, 6) is -1.05. The number of benzene rings is 1. The van der Waals surface area contributed by atoms with Crippen LogP contribution in [-0.4, -0.2) is 31.4 Å². The molecule has 0 N–H and O–H groups in total. The summed E-state index contributed by atoms with van der Waals surface area (Å²) in [6.07, 6.45) is 1.51. The molecule has 1 aromatic rings. The number of rotatable bonds is 4. The minimum Gasteiger partial charge on any atom is -0.467 e. The molecule has 23 heavy (non-hydrogen) atoms. The monoisotopic (exact) mass is 311 g/mol. The number of ether oxygens (including phenoxy) is 2. The van der Waals surface area contributed by atoms with Gasteiger partial charge in [-0.25, -0.2) is 9.98 Å². The van der Waals surface area contributed by atoms with Gasteiger partial charge in [0.1, 0.15) is 12.5 Å². The second kappa shape index (κ2) is 7.36. The average molecular weight is 311 g/mol. The third kappa shape index (κ3) is 3.64. The summed E-state index contributed by atoms with van der Waals surface area (Å²) in [5, 5.41) is 8.90. The van der Waals surface area contributed by atoms with Crippen LogP contribution in [-0.2, 0) is 14.3 Å². The molecule has 0 amide bonds. The zero-order valence-electron chi connectivity index (χ0n) is 13.0. The fourth-order valence-corrected chi connectivity index (χ4v) is 2.32. The van der Waals surface area contributed by atoms with E-state index in [1.807, 2.05) is 0 Å². The molecule has 0 saturated carbocycles. The van der Waals surface area contributed by atoms with E-state index in [-0.39, 0.29) is 12.6 Å². The zero-order valence-corrected chi connectivity index (χ0v) is 13.0. The number of carbonyl (C=O) groups excluding carboxylic acids is 1. The molecular formula is C17H17N3O3. The fraction of sp³-hybridized carbons (Fsp3) is 0.294. The SMILES string of the molecule is C=CCOC(=O)C1C(C)=NC(OC)=NC1c1ccc(C#N)cc1. The van der Waals surface area contributed by atoms with E-state index in [1.54, 1.807) is 31.2 Å². The zero-order chi connectivity index (χ0) is 16.8. The molecule has 0 spiro atoms. The Bertz CT molecular complexity index is 699. The van der Waals surface area contributed by atoms with E-state index in [2.05, 4.69) is 22.6 Å². The summed E-state index contributed by atoms with van der Waals surface area (Å²) < 4.78 is 10.3. The van der Waals surface area contributed by atoms with Crippen molar-refractivity contribution in [3.05, 3.63) is 48.0 Å². The topological polar surface area (TPSA) is 84.0 Å².